The zero-order chi connectivity index (χ0) is 16.2. The molecule has 7 heteroatoms. The molecule has 0 aromatic carbocycles. The molecule has 0 atom stereocenters. The van der Waals surface area contributed by atoms with E-state index in [1.165, 1.54) is 4.88 Å². The molecule has 3 rings (SSSR count). The van der Waals surface area contributed by atoms with Crippen LogP contribution in [0.5, 0.6) is 0 Å². The third kappa shape index (κ3) is 4.16. The first kappa shape index (κ1) is 16.1. The van der Waals surface area contributed by atoms with Gasteiger partial charge in [0.05, 0.1) is 11.2 Å². The molecule has 0 saturated carbocycles. The van der Waals surface area contributed by atoms with E-state index in [2.05, 4.69) is 15.1 Å². The normalized spacial score (nSPS) is 16.0. The van der Waals surface area contributed by atoms with Crippen molar-refractivity contribution < 1.29 is 9.32 Å². The van der Waals surface area contributed by atoms with Crippen molar-refractivity contribution in [2.24, 2.45) is 5.92 Å². The predicted octanol–water partition coefficient (Wildman–Crippen LogP) is 2.56. The Hall–Kier alpha value is -1.76. The Kier molecular flexibility index (Phi) is 5.05. The molecule has 0 aliphatic carbocycles. The maximum atomic E-state index is 12.3. The summed E-state index contributed by atoms with van der Waals surface area (Å²) in [5, 5.41) is 3.96. The zero-order valence-electron chi connectivity index (χ0n) is 13.6. The zero-order valence-corrected chi connectivity index (χ0v) is 14.4. The van der Waals surface area contributed by atoms with Crippen molar-refractivity contribution in [3.8, 4) is 0 Å². The first-order valence-corrected chi connectivity index (χ1v) is 8.95. The fourth-order valence-electron chi connectivity index (χ4n) is 3.01. The van der Waals surface area contributed by atoms with Crippen molar-refractivity contribution in [3.05, 3.63) is 27.8 Å². The van der Waals surface area contributed by atoms with Crippen LogP contribution in [0.4, 0.5) is 0 Å². The van der Waals surface area contributed by atoms with Crippen molar-refractivity contribution in [1.29, 1.82) is 0 Å². The molecule has 1 amide bonds. The molecule has 1 fully saturated rings. The van der Waals surface area contributed by atoms with E-state index in [1.54, 1.807) is 11.3 Å². The van der Waals surface area contributed by atoms with Crippen LogP contribution >= 0.6 is 11.3 Å². The minimum atomic E-state index is 0.256. The van der Waals surface area contributed by atoms with Gasteiger partial charge in [0.2, 0.25) is 11.8 Å². The van der Waals surface area contributed by atoms with Gasteiger partial charge in [-0.2, -0.15) is 4.98 Å². The summed E-state index contributed by atoms with van der Waals surface area (Å²) >= 11 is 1.64. The van der Waals surface area contributed by atoms with E-state index in [9.17, 15) is 4.79 Å². The Morgan fingerprint density at radius 1 is 1.39 bits per heavy atom. The Morgan fingerprint density at radius 2 is 2.17 bits per heavy atom. The lowest BCUT2D eigenvalue weighted by Crippen LogP contribution is -2.39. The topological polar surface area (TPSA) is 72.1 Å². The number of carbonyl (C=O) groups excluding carboxylic acids is 1. The lowest BCUT2D eigenvalue weighted by atomic mass is 9.93. The summed E-state index contributed by atoms with van der Waals surface area (Å²) < 4.78 is 5.01. The van der Waals surface area contributed by atoms with Crippen LogP contribution in [-0.4, -0.2) is 39.0 Å². The summed E-state index contributed by atoms with van der Waals surface area (Å²) in [7, 11) is 0. The van der Waals surface area contributed by atoms with Gasteiger partial charge in [-0.15, -0.1) is 11.3 Å². The SMILES string of the molecule is Cc1nc(CC2CCN(C(=O)CCc3scnc3C)CC2)no1. The molecular formula is C16H22N4O2S. The van der Waals surface area contributed by atoms with Crippen molar-refractivity contribution >= 4 is 17.2 Å². The van der Waals surface area contributed by atoms with Gasteiger partial charge in [-0.05, 0) is 32.1 Å². The number of nitrogens with zero attached hydrogens (tertiary/aromatic N) is 4. The Morgan fingerprint density at radius 3 is 2.78 bits per heavy atom. The van der Waals surface area contributed by atoms with Gasteiger partial charge in [0.25, 0.3) is 0 Å². The third-order valence-corrected chi connectivity index (χ3v) is 5.41. The molecule has 0 radical (unpaired) electrons. The molecule has 1 saturated heterocycles. The summed E-state index contributed by atoms with van der Waals surface area (Å²) in [6.07, 6.45) is 4.26. The molecule has 1 aliphatic heterocycles. The Balaban J connectivity index is 1.43. The second kappa shape index (κ2) is 7.21. The highest BCUT2D eigenvalue weighted by Gasteiger charge is 2.24. The number of aromatic nitrogens is 3. The minimum Gasteiger partial charge on any atom is -0.343 e. The maximum absolute atomic E-state index is 12.3. The molecule has 3 heterocycles. The van der Waals surface area contributed by atoms with Crippen LogP contribution in [0.25, 0.3) is 0 Å². The first-order valence-electron chi connectivity index (χ1n) is 8.07. The van der Waals surface area contributed by atoms with E-state index in [4.69, 9.17) is 4.52 Å². The number of likely N-dealkylation sites (tertiary alicyclic amines) is 1. The Labute approximate surface area is 139 Å². The number of hydrogen-bond acceptors (Lipinski definition) is 6. The smallest absolute Gasteiger partial charge is 0.223 e. The van der Waals surface area contributed by atoms with Crippen LogP contribution in [-0.2, 0) is 17.6 Å². The van der Waals surface area contributed by atoms with Crippen LogP contribution in [0.1, 0.15) is 41.5 Å². The number of rotatable bonds is 5. The maximum Gasteiger partial charge on any atom is 0.223 e. The van der Waals surface area contributed by atoms with E-state index in [1.807, 2.05) is 24.3 Å². The van der Waals surface area contributed by atoms with Crippen LogP contribution in [0.3, 0.4) is 0 Å². The van der Waals surface area contributed by atoms with Gasteiger partial charge < -0.3 is 9.42 Å². The molecule has 0 N–H and O–H groups in total. The molecular weight excluding hydrogens is 312 g/mol. The second-order valence-corrected chi connectivity index (χ2v) is 7.06. The molecule has 1 aliphatic rings. The molecule has 6 nitrogen and oxygen atoms in total. The van der Waals surface area contributed by atoms with Gasteiger partial charge in [0, 0.05) is 37.7 Å². The van der Waals surface area contributed by atoms with E-state index in [0.29, 0.717) is 18.2 Å². The Bertz CT molecular complexity index is 659. The lowest BCUT2D eigenvalue weighted by molar-refractivity contribution is -0.132. The third-order valence-electron chi connectivity index (χ3n) is 4.42. The number of hydrogen-bond donors (Lipinski definition) is 0. The van der Waals surface area contributed by atoms with Crippen molar-refractivity contribution in [3.63, 3.8) is 0 Å². The van der Waals surface area contributed by atoms with Gasteiger partial charge in [-0.3, -0.25) is 4.79 Å². The molecule has 0 bridgehead atoms. The van der Waals surface area contributed by atoms with Gasteiger partial charge in [-0.1, -0.05) is 5.16 Å². The van der Waals surface area contributed by atoms with Crippen molar-refractivity contribution in [2.75, 3.05) is 13.1 Å². The van der Waals surface area contributed by atoms with Crippen LogP contribution in [0.2, 0.25) is 0 Å². The predicted molar refractivity (Wildman–Crippen MR) is 87.2 cm³/mol. The molecule has 124 valence electrons. The van der Waals surface area contributed by atoms with Crippen molar-refractivity contribution in [2.45, 2.75) is 46.0 Å². The monoisotopic (exact) mass is 334 g/mol. The van der Waals surface area contributed by atoms with E-state index in [-0.39, 0.29) is 5.91 Å². The summed E-state index contributed by atoms with van der Waals surface area (Å²) in [6, 6.07) is 0. The van der Waals surface area contributed by atoms with Gasteiger partial charge in [0.15, 0.2) is 5.82 Å². The second-order valence-electron chi connectivity index (χ2n) is 6.12. The fourth-order valence-corrected chi connectivity index (χ4v) is 3.79. The van der Waals surface area contributed by atoms with Crippen LogP contribution in [0, 0.1) is 19.8 Å². The van der Waals surface area contributed by atoms with Crippen molar-refractivity contribution in [1.82, 2.24) is 20.0 Å². The number of amides is 1. The minimum absolute atomic E-state index is 0.256. The van der Waals surface area contributed by atoms with Gasteiger partial charge in [-0.25, -0.2) is 4.98 Å². The van der Waals surface area contributed by atoms with Gasteiger partial charge in [0.1, 0.15) is 0 Å². The average Bonchev–Trinajstić information content (AvgIpc) is 3.14. The average molecular weight is 334 g/mol. The summed E-state index contributed by atoms with van der Waals surface area (Å²) in [6.45, 7) is 5.48. The standard InChI is InChI=1S/C16H22N4O2S/c1-11-14(23-10-17-11)3-4-16(21)20-7-5-13(6-8-20)9-15-18-12(2)22-19-15/h10,13H,3-9H2,1-2H3. The van der Waals surface area contributed by atoms with Crippen LogP contribution < -0.4 is 0 Å². The number of aryl methyl sites for hydroxylation is 3. The summed E-state index contributed by atoms with van der Waals surface area (Å²) in [5.41, 5.74) is 2.90. The molecule has 2 aromatic heterocycles. The first-order chi connectivity index (χ1) is 11.1. The summed E-state index contributed by atoms with van der Waals surface area (Å²) in [5.74, 6) is 2.20. The molecule has 23 heavy (non-hydrogen) atoms. The highest BCUT2D eigenvalue weighted by atomic mass is 32.1. The number of piperidine rings is 1. The van der Waals surface area contributed by atoms with E-state index < -0.39 is 0 Å². The van der Waals surface area contributed by atoms with E-state index >= 15 is 0 Å². The van der Waals surface area contributed by atoms with E-state index in [0.717, 1.165) is 50.3 Å². The summed E-state index contributed by atoms with van der Waals surface area (Å²) in [4.78, 5) is 24.1. The number of carbonyl (C=O) groups is 1. The fraction of sp³-hybridized carbons (Fsp3) is 0.625. The van der Waals surface area contributed by atoms with Gasteiger partial charge >= 0.3 is 0 Å². The molecule has 0 spiro atoms. The van der Waals surface area contributed by atoms with Crippen LogP contribution in [0.15, 0.2) is 10.0 Å². The highest BCUT2D eigenvalue weighted by Crippen LogP contribution is 2.22. The number of thiazole rings is 1. The highest BCUT2D eigenvalue weighted by molar-refractivity contribution is 7.09. The largest absolute Gasteiger partial charge is 0.343 e. The quantitative estimate of drug-likeness (QED) is 0.840. The molecule has 0 unspecified atom stereocenters. The molecule has 2 aromatic rings. The lowest BCUT2D eigenvalue weighted by Gasteiger charge is -2.31.